The first-order chi connectivity index (χ1) is 13.5. The van der Waals surface area contributed by atoms with E-state index in [4.69, 9.17) is 5.73 Å². The zero-order valence-corrected chi connectivity index (χ0v) is 14.7. The minimum Gasteiger partial charge on any atom is -0.399 e. The summed E-state index contributed by atoms with van der Waals surface area (Å²) in [5, 5.41) is 17.3. The van der Waals surface area contributed by atoms with Crippen molar-refractivity contribution in [3.05, 3.63) is 94.0 Å². The average Bonchev–Trinajstić information content (AvgIpc) is 3.03. The topological polar surface area (TPSA) is 110 Å². The van der Waals surface area contributed by atoms with Crippen molar-refractivity contribution in [1.82, 2.24) is 0 Å². The number of nitro groups is 1. The van der Waals surface area contributed by atoms with E-state index in [1.54, 1.807) is 30.3 Å². The molecule has 1 heterocycles. The molecule has 4 N–H and O–H groups in total. The van der Waals surface area contributed by atoms with Gasteiger partial charge >= 0.3 is 0 Å². The Kier molecular flexibility index (Phi) is 4.25. The quantitative estimate of drug-likeness (QED) is 0.276. The summed E-state index contributed by atoms with van der Waals surface area (Å²) in [6, 6.07) is 20.8. The van der Waals surface area contributed by atoms with E-state index in [-0.39, 0.29) is 11.6 Å². The lowest BCUT2D eigenvalue weighted by Gasteiger charge is -2.15. The fraction of sp³-hybridized carbons (Fsp3) is 0. The van der Waals surface area contributed by atoms with Gasteiger partial charge in [-0.3, -0.25) is 14.9 Å². The summed E-state index contributed by atoms with van der Waals surface area (Å²) in [5.74, 6) is -0.322. The molecule has 0 bridgehead atoms. The van der Waals surface area contributed by atoms with Crippen molar-refractivity contribution < 1.29 is 9.72 Å². The molecule has 4 rings (SSSR count). The van der Waals surface area contributed by atoms with E-state index in [0.717, 1.165) is 11.3 Å². The molecule has 7 heteroatoms. The monoisotopic (exact) mass is 372 g/mol. The molecular formula is C21H16N4O3. The Balaban J connectivity index is 1.92. The molecule has 138 valence electrons. The van der Waals surface area contributed by atoms with Gasteiger partial charge in [-0.25, -0.2) is 0 Å². The molecule has 28 heavy (non-hydrogen) atoms. The van der Waals surface area contributed by atoms with Crippen molar-refractivity contribution in [2.45, 2.75) is 0 Å². The molecule has 0 unspecified atom stereocenters. The lowest BCUT2D eigenvalue weighted by molar-refractivity contribution is -0.384. The zero-order chi connectivity index (χ0) is 19.7. The Morgan fingerprint density at radius 3 is 2.39 bits per heavy atom. The molecular weight excluding hydrogens is 356 g/mol. The zero-order valence-electron chi connectivity index (χ0n) is 14.7. The predicted molar refractivity (Wildman–Crippen MR) is 109 cm³/mol. The second kappa shape index (κ2) is 6.88. The summed E-state index contributed by atoms with van der Waals surface area (Å²) in [4.78, 5) is 23.5. The summed E-state index contributed by atoms with van der Waals surface area (Å²) in [6.07, 6.45) is 0. The fourth-order valence-electron chi connectivity index (χ4n) is 3.11. The van der Waals surface area contributed by atoms with Crippen LogP contribution >= 0.6 is 0 Å². The van der Waals surface area contributed by atoms with Gasteiger partial charge in [-0.1, -0.05) is 30.3 Å². The number of anilines is 3. The molecule has 0 fully saturated rings. The molecule has 7 nitrogen and oxygen atoms in total. The van der Waals surface area contributed by atoms with Crippen LogP contribution in [0.1, 0.15) is 11.1 Å². The first-order valence-corrected chi connectivity index (χ1v) is 8.55. The van der Waals surface area contributed by atoms with E-state index in [2.05, 4.69) is 10.6 Å². The van der Waals surface area contributed by atoms with Crippen LogP contribution in [0.15, 0.2) is 72.8 Å². The van der Waals surface area contributed by atoms with Crippen LogP contribution in [0.3, 0.4) is 0 Å². The van der Waals surface area contributed by atoms with E-state index in [9.17, 15) is 14.9 Å². The molecule has 3 aromatic rings. The Morgan fingerprint density at radius 1 is 1.00 bits per heavy atom. The highest BCUT2D eigenvalue weighted by Gasteiger charge is 2.30. The number of nitrogens with two attached hydrogens (primary N) is 1. The maximum atomic E-state index is 12.8. The summed E-state index contributed by atoms with van der Waals surface area (Å²) in [5.41, 5.74) is 9.76. The Hall–Kier alpha value is -4.13. The molecule has 1 aliphatic heterocycles. The average molecular weight is 372 g/mol. The first kappa shape index (κ1) is 17.3. The van der Waals surface area contributed by atoms with Gasteiger partial charge in [-0.05, 0) is 35.9 Å². The maximum absolute atomic E-state index is 12.8. The second-order valence-electron chi connectivity index (χ2n) is 6.30. The second-order valence-corrected chi connectivity index (χ2v) is 6.30. The highest BCUT2D eigenvalue weighted by atomic mass is 16.6. The van der Waals surface area contributed by atoms with Crippen molar-refractivity contribution in [3.8, 4) is 0 Å². The van der Waals surface area contributed by atoms with Crippen LogP contribution in [0, 0.1) is 10.1 Å². The Morgan fingerprint density at radius 2 is 1.71 bits per heavy atom. The van der Waals surface area contributed by atoms with E-state index >= 15 is 0 Å². The number of nitrogens with zero attached hydrogens (tertiary/aromatic N) is 1. The van der Waals surface area contributed by atoms with Gasteiger partial charge < -0.3 is 16.4 Å². The van der Waals surface area contributed by atoms with Crippen LogP contribution in [0.4, 0.5) is 22.7 Å². The standard InChI is InChI=1S/C21H16N4O3/c22-14-6-8-15(9-7-14)23-20(13-4-2-1-3-5-13)19-17-12-16(25(27)28)10-11-18(17)24-21(19)26/h1-12,23H,22H2,(H,24,26). The minimum atomic E-state index is -0.476. The normalized spacial score (nSPS) is 14.2. The summed E-state index contributed by atoms with van der Waals surface area (Å²) >= 11 is 0. The molecule has 0 saturated heterocycles. The van der Waals surface area contributed by atoms with Gasteiger partial charge in [-0.15, -0.1) is 0 Å². The number of non-ortho nitro benzene ring substituents is 1. The van der Waals surface area contributed by atoms with E-state index in [0.29, 0.717) is 28.2 Å². The number of rotatable bonds is 4. The number of nitrogens with one attached hydrogen (secondary N) is 2. The van der Waals surface area contributed by atoms with E-state index in [1.165, 1.54) is 12.1 Å². The molecule has 0 radical (unpaired) electrons. The molecule has 3 aromatic carbocycles. The van der Waals surface area contributed by atoms with Crippen LogP contribution < -0.4 is 16.4 Å². The van der Waals surface area contributed by atoms with Gasteiger partial charge in [0.25, 0.3) is 11.6 Å². The number of hydrogen-bond acceptors (Lipinski definition) is 5. The predicted octanol–water partition coefficient (Wildman–Crippen LogP) is 4.11. The maximum Gasteiger partial charge on any atom is 0.270 e. The number of carbonyl (C=O) groups is 1. The van der Waals surface area contributed by atoms with Gasteiger partial charge in [0.2, 0.25) is 0 Å². The molecule has 1 amide bonds. The van der Waals surface area contributed by atoms with Crippen molar-refractivity contribution in [2.24, 2.45) is 0 Å². The Bertz CT molecular complexity index is 1110. The minimum absolute atomic E-state index is 0.0763. The van der Waals surface area contributed by atoms with Gasteiger partial charge in [-0.2, -0.15) is 0 Å². The van der Waals surface area contributed by atoms with Crippen molar-refractivity contribution in [1.29, 1.82) is 0 Å². The van der Waals surface area contributed by atoms with Crippen molar-refractivity contribution in [2.75, 3.05) is 16.4 Å². The number of amides is 1. The van der Waals surface area contributed by atoms with Crippen LogP contribution in [-0.2, 0) is 4.79 Å². The van der Waals surface area contributed by atoms with Crippen LogP contribution in [-0.4, -0.2) is 10.8 Å². The number of nitrogen functional groups attached to an aromatic ring is 1. The molecule has 0 aliphatic carbocycles. The van der Waals surface area contributed by atoms with Gasteiger partial charge in [0.1, 0.15) is 0 Å². The van der Waals surface area contributed by atoms with Crippen LogP contribution in [0.25, 0.3) is 11.3 Å². The number of carbonyl (C=O) groups excluding carboxylic acids is 1. The van der Waals surface area contributed by atoms with Crippen LogP contribution in [0.2, 0.25) is 0 Å². The molecule has 0 atom stereocenters. The third kappa shape index (κ3) is 3.16. The number of fused-ring (bicyclic) bond motifs is 1. The molecule has 0 spiro atoms. The summed E-state index contributed by atoms with van der Waals surface area (Å²) in [7, 11) is 0. The van der Waals surface area contributed by atoms with E-state index < -0.39 is 4.92 Å². The smallest absolute Gasteiger partial charge is 0.270 e. The largest absolute Gasteiger partial charge is 0.399 e. The number of hydrogen-bond donors (Lipinski definition) is 3. The van der Waals surface area contributed by atoms with Gasteiger partial charge in [0, 0.05) is 34.8 Å². The fourth-order valence-corrected chi connectivity index (χ4v) is 3.11. The van der Waals surface area contributed by atoms with Gasteiger partial charge in [0.15, 0.2) is 0 Å². The lowest BCUT2D eigenvalue weighted by Crippen LogP contribution is -2.10. The highest BCUT2D eigenvalue weighted by Crippen LogP contribution is 2.39. The highest BCUT2D eigenvalue weighted by molar-refractivity contribution is 6.37. The van der Waals surface area contributed by atoms with Crippen molar-refractivity contribution in [3.63, 3.8) is 0 Å². The van der Waals surface area contributed by atoms with E-state index in [1.807, 2.05) is 30.3 Å². The molecule has 0 saturated carbocycles. The number of nitro benzene ring substituents is 1. The van der Waals surface area contributed by atoms with Crippen molar-refractivity contribution >= 4 is 39.9 Å². The van der Waals surface area contributed by atoms with Gasteiger partial charge in [0.05, 0.1) is 16.2 Å². The third-order valence-corrected chi connectivity index (χ3v) is 4.45. The van der Waals surface area contributed by atoms with Crippen LogP contribution in [0.5, 0.6) is 0 Å². The summed E-state index contributed by atoms with van der Waals surface area (Å²) in [6.45, 7) is 0. The SMILES string of the molecule is Nc1ccc(NC(=C2C(=O)Nc3ccc([N+](=O)[O-])cc32)c2ccccc2)cc1. The Labute approximate surface area is 160 Å². The molecule has 0 aromatic heterocycles. The first-order valence-electron chi connectivity index (χ1n) is 8.55. The number of benzene rings is 3. The molecule has 1 aliphatic rings. The summed E-state index contributed by atoms with van der Waals surface area (Å²) < 4.78 is 0. The lowest BCUT2D eigenvalue weighted by atomic mass is 9.99. The third-order valence-electron chi connectivity index (χ3n) is 4.45.